The van der Waals surface area contributed by atoms with Crippen LogP contribution in [-0.2, 0) is 0 Å². The Hall–Kier alpha value is -1.32. The molecule has 0 unspecified atom stereocenters. The highest BCUT2D eigenvalue weighted by Gasteiger charge is 2.09. The second-order valence-corrected chi connectivity index (χ2v) is 6.54. The van der Waals surface area contributed by atoms with Gasteiger partial charge in [0.25, 0.3) is 0 Å². The average molecular weight is 271 g/mol. The zero-order chi connectivity index (χ0) is 12.4. The number of fused-ring (bicyclic) bond motifs is 1. The van der Waals surface area contributed by atoms with Crippen LogP contribution in [0.2, 0.25) is 0 Å². The summed E-state index contributed by atoms with van der Waals surface area (Å²) in [4.78, 5) is 7.18. The molecule has 0 spiro atoms. The first-order valence-electron chi connectivity index (χ1n) is 5.90. The van der Waals surface area contributed by atoms with E-state index < -0.39 is 0 Å². The van der Waals surface area contributed by atoms with Gasteiger partial charge in [0, 0.05) is 4.90 Å². The van der Waals surface area contributed by atoms with E-state index in [-0.39, 0.29) is 0 Å². The van der Waals surface area contributed by atoms with Crippen LogP contribution >= 0.6 is 23.1 Å². The Morgan fingerprint density at radius 2 is 1.89 bits per heavy atom. The fourth-order valence-corrected chi connectivity index (χ4v) is 3.80. The van der Waals surface area contributed by atoms with Crippen LogP contribution in [0.5, 0.6) is 0 Å². The lowest BCUT2D eigenvalue weighted by atomic mass is 10.2. The molecular weight excluding hydrogens is 258 g/mol. The van der Waals surface area contributed by atoms with E-state index in [0.717, 1.165) is 16.5 Å². The molecule has 0 radical (unpaired) electrons. The van der Waals surface area contributed by atoms with Crippen LogP contribution in [0.1, 0.15) is 22.6 Å². The highest BCUT2D eigenvalue weighted by Crippen LogP contribution is 2.34. The van der Waals surface area contributed by atoms with Crippen LogP contribution in [0.15, 0.2) is 45.7 Å². The summed E-state index contributed by atoms with van der Waals surface area (Å²) in [6.45, 7) is 2.11. The lowest BCUT2D eigenvalue weighted by molar-refractivity contribution is 1.22. The Bertz CT molecular complexity index is 576. The monoisotopic (exact) mass is 271 g/mol. The van der Waals surface area contributed by atoms with Crippen molar-refractivity contribution >= 4 is 35.3 Å². The maximum atomic E-state index is 4.67. The van der Waals surface area contributed by atoms with Gasteiger partial charge in [0.05, 0.1) is 10.6 Å². The summed E-state index contributed by atoms with van der Waals surface area (Å²) in [7, 11) is 0. The van der Waals surface area contributed by atoms with Gasteiger partial charge in [-0.3, -0.25) is 0 Å². The summed E-state index contributed by atoms with van der Waals surface area (Å²) in [5, 5.41) is 0. The van der Waals surface area contributed by atoms with Gasteiger partial charge in [-0.1, -0.05) is 41.6 Å². The number of allylic oxidation sites excluding steroid dienone is 2. The molecule has 1 aromatic heterocycles. The fourth-order valence-electron chi connectivity index (χ4n) is 1.75. The first-order valence-corrected chi connectivity index (χ1v) is 7.53. The van der Waals surface area contributed by atoms with Gasteiger partial charge in [-0.25, -0.2) is 4.98 Å². The third-order valence-electron chi connectivity index (χ3n) is 2.70. The molecule has 1 aliphatic carbocycles. The van der Waals surface area contributed by atoms with Gasteiger partial charge < -0.3 is 0 Å². The molecule has 0 atom stereocenters. The van der Waals surface area contributed by atoms with Crippen molar-refractivity contribution in [2.45, 2.75) is 22.6 Å². The van der Waals surface area contributed by atoms with Crippen molar-refractivity contribution in [3.8, 4) is 0 Å². The summed E-state index contributed by atoms with van der Waals surface area (Å²) >= 11 is 3.50. The van der Waals surface area contributed by atoms with E-state index in [1.165, 1.54) is 15.3 Å². The van der Waals surface area contributed by atoms with Crippen LogP contribution in [0.3, 0.4) is 0 Å². The number of hydrogen-bond acceptors (Lipinski definition) is 3. The molecule has 1 aromatic carbocycles. The number of aromatic nitrogens is 1. The Balaban J connectivity index is 1.86. The largest absolute Gasteiger partial charge is 0.229 e. The van der Waals surface area contributed by atoms with Crippen molar-refractivity contribution in [1.29, 1.82) is 0 Å². The lowest BCUT2D eigenvalue weighted by Crippen LogP contribution is -1.76. The van der Waals surface area contributed by atoms with Gasteiger partial charge in [-0.15, -0.1) is 11.3 Å². The second-order valence-electron chi connectivity index (χ2n) is 4.18. The molecule has 0 amide bonds. The van der Waals surface area contributed by atoms with Crippen LogP contribution in [0.25, 0.3) is 12.2 Å². The molecule has 0 N–H and O–H groups in total. The van der Waals surface area contributed by atoms with E-state index in [0.29, 0.717) is 0 Å². The molecular formula is C15H13NS2. The van der Waals surface area contributed by atoms with Crippen LogP contribution in [0.4, 0.5) is 0 Å². The molecule has 18 heavy (non-hydrogen) atoms. The number of hydrogen-bond donors (Lipinski definition) is 0. The lowest BCUT2D eigenvalue weighted by Gasteiger charge is -1.97. The molecule has 0 saturated carbocycles. The van der Waals surface area contributed by atoms with E-state index in [1.807, 2.05) is 0 Å². The molecule has 2 aromatic rings. The SMILES string of the molecule is Cc1ccc(Sc2nc3c(s2)C=CCC=C3)cc1. The summed E-state index contributed by atoms with van der Waals surface area (Å²) in [6.07, 6.45) is 9.63. The normalized spacial score (nSPS) is 13.4. The van der Waals surface area contributed by atoms with E-state index in [4.69, 9.17) is 0 Å². The van der Waals surface area contributed by atoms with Gasteiger partial charge in [-0.2, -0.15) is 0 Å². The zero-order valence-corrected chi connectivity index (χ0v) is 11.7. The predicted molar refractivity (Wildman–Crippen MR) is 80.1 cm³/mol. The van der Waals surface area contributed by atoms with E-state index in [9.17, 15) is 0 Å². The summed E-state index contributed by atoms with van der Waals surface area (Å²) in [5.41, 5.74) is 2.39. The van der Waals surface area contributed by atoms with Crippen LogP contribution in [-0.4, -0.2) is 4.98 Å². The first kappa shape index (κ1) is 11.8. The molecule has 0 saturated heterocycles. The molecule has 3 heteroatoms. The van der Waals surface area contributed by atoms with Gasteiger partial charge in [0.15, 0.2) is 4.34 Å². The van der Waals surface area contributed by atoms with Crippen molar-refractivity contribution in [3.63, 3.8) is 0 Å². The number of benzene rings is 1. The third-order valence-corrected chi connectivity index (χ3v) is 4.81. The Labute approximate surface area is 115 Å². The minimum Gasteiger partial charge on any atom is -0.229 e. The highest BCUT2D eigenvalue weighted by atomic mass is 32.2. The maximum Gasteiger partial charge on any atom is 0.155 e. The third kappa shape index (κ3) is 2.57. The van der Waals surface area contributed by atoms with E-state index >= 15 is 0 Å². The Kier molecular flexibility index (Phi) is 3.35. The number of nitrogens with zero attached hydrogens (tertiary/aromatic N) is 1. The van der Waals surface area contributed by atoms with Gasteiger partial charge in [-0.05, 0) is 37.6 Å². The quantitative estimate of drug-likeness (QED) is 0.759. The molecule has 0 fully saturated rings. The van der Waals surface area contributed by atoms with Crippen molar-refractivity contribution in [2.75, 3.05) is 0 Å². The molecule has 3 rings (SSSR count). The standard InChI is InChI=1S/C15H13NS2/c1-11-7-9-12(10-8-11)17-15-16-13-5-3-2-4-6-14(13)18-15/h3-10H,2H2,1H3. The summed E-state index contributed by atoms with van der Waals surface area (Å²) in [5.74, 6) is 0. The maximum absolute atomic E-state index is 4.67. The molecule has 1 heterocycles. The first-order chi connectivity index (χ1) is 8.81. The average Bonchev–Trinajstić information content (AvgIpc) is 2.62. The second kappa shape index (κ2) is 5.12. The van der Waals surface area contributed by atoms with E-state index in [2.05, 4.69) is 60.5 Å². The van der Waals surface area contributed by atoms with Gasteiger partial charge >= 0.3 is 0 Å². The Morgan fingerprint density at radius 3 is 2.72 bits per heavy atom. The molecule has 90 valence electrons. The number of aryl methyl sites for hydroxylation is 1. The van der Waals surface area contributed by atoms with Crippen molar-refractivity contribution in [1.82, 2.24) is 4.98 Å². The number of thiazole rings is 1. The molecule has 1 nitrogen and oxygen atoms in total. The van der Waals surface area contributed by atoms with E-state index in [1.54, 1.807) is 23.1 Å². The van der Waals surface area contributed by atoms with Crippen molar-refractivity contribution in [3.05, 3.63) is 52.6 Å². The fraction of sp³-hybridized carbons (Fsp3) is 0.133. The summed E-state index contributed by atoms with van der Waals surface area (Å²) < 4.78 is 1.11. The highest BCUT2D eigenvalue weighted by molar-refractivity contribution is 8.01. The number of rotatable bonds is 2. The van der Waals surface area contributed by atoms with Crippen molar-refractivity contribution < 1.29 is 0 Å². The van der Waals surface area contributed by atoms with Gasteiger partial charge in [0.2, 0.25) is 0 Å². The minimum absolute atomic E-state index is 1.00. The smallest absolute Gasteiger partial charge is 0.155 e. The minimum atomic E-state index is 1.00. The van der Waals surface area contributed by atoms with Crippen LogP contribution < -0.4 is 0 Å². The topological polar surface area (TPSA) is 12.9 Å². The molecule has 0 aliphatic heterocycles. The zero-order valence-electron chi connectivity index (χ0n) is 10.1. The summed E-state index contributed by atoms with van der Waals surface area (Å²) in [6, 6.07) is 8.58. The van der Waals surface area contributed by atoms with Crippen LogP contribution in [0, 0.1) is 6.92 Å². The molecule has 1 aliphatic rings. The predicted octanol–water partition coefficient (Wildman–Crippen LogP) is 5.03. The van der Waals surface area contributed by atoms with Gasteiger partial charge in [0.1, 0.15) is 0 Å². The Morgan fingerprint density at radius 1 is 1.11 bits per heavy atom. The molecule has 0 bridgehead atoms. The van der Waals surface area contributed by atoms with Crippen molar-refractivity contribution in [2.24, 2.45) is 0 Å².